The van der Waals surface area contributed by atoms with E-state index in [1.807, 2.05) is 0 Å². The van der Waals surface area contributed by atoms with Gasteiger partial charge >= 0.3 is 0 Å². The van der Waals surface area contributed by atoms with E-state index in [0.717, 1.165) is 12.1 Å². The van der Waals surface area contributed by atoms with Gasteiger partial charge in [0.2, 0.25) is 0 Å². The molecule has 0 heterocycles. The van der Waals surface area contributed by atoms with Crippen molar-refractivity contribution in [3.05, 3.63) is 59.0 Å². The van der Waals surface area contributed by atoms with Crippen LogP contribution in [0, 0.1) is 11.8 Å². The Bertz CT molecular complexity index is 981. The minimum Gasteiger partial charge on any atom is -0.504 e. The maximum atomic E-state index is 12.7. The maximum Gasteiger partial charge on any atom is 0.262 e. The average molecular weight is 360 g/mol. The lowest BCUT2D eigenvalue weighted by Gasteiger charge is -2.16. The summed E-state index contributed by atoms with van der Waals surface area (Å²) in [4.78, 5) is 10.5. The Balaban J connectivity index is 2.63. The highest BCUT2D eigenvalue weighted by molar-refractivity contribution is 7.92. The molecule has 3 N–H and O–H groups in total. The van der Waals surface area contributed by atoms with Gasteiger partial charge in [-0.2, -0.15) is 0 Å². The van der Waals surface area contributed by atoms with Crippen molar-refractivity contribution >= 4 is 33.6 Å². The molecule has 7 nitrogen and oxygen atoms in total. The van der Waals surface area contributed by atoms with Crippen molar-refractivity contribution in [2.75, 3.05) is 4.72 Å². The monoisotopic (exact) mass is 360 g/mol. The number of phenolic OH excluding ortho intramolecular Hbond substituents is 2. The van der Waals surface area contributed by atoms with E-state index in [-0.39, 0.29) is 27.4 Å². The summed E-state index contributed by atoms with van der Waals surface area (Å²) in [5.41, 5.74) is 0.759. The number of anilines is 1. The van der Waals surface area contributed by atoms with Crippen molar-refractivity contribution in [1.82, 2.24) is 0 Å². The molecule has 0 atom stereocenters. The van der Waals surface area contributed by atoms with E-state index in [2.05, 4.69) is 23.1 Å². The van der Waals surface area contributed by atoms with Crippen LogP contribution in [0.2, 0.25) is 0 Å². The summed E-state index contributed by atoms with van der Waals surface area (Å²) in [6.07, 6.45) is 2.59. The molecule has 0 unspecified atom stereocenters. The van der Waals surface area contributed by atoms with Crippen LogP contribution in [0.4, 0.5) is 11.4 Å². The molecule has 0 saturated carbocycles. The van der Waals surface area contributed by atoms with Crippen LogP contribution in [-0.2, 0) is 10.0 Å². The summed E-state index contributed by atoms with van der Waals surface area (Å²) in [5, 5.41) is 22.4. The van der Waals surface area contributed by atoms with Crippen molar-refractivity contribution in [3.63, 3.8) is 0 Å². The van der Waals surface area contributed by atoms with Crippen LogP contribution in [0.25, 0.3) is 12.2 Å². The third-order valence-corrected chi connectivity index (χ3v) is 5.09. The standard InChI is InChI=1S/C17H16N2O5S/c1-4-12-13(5-2)17(21)15(20)9-14(12)19-25(23,24)16-8-11(18-22)7-6-10(16)3/h4-9,19-21H,1-2H2,3H3. The molecule has 25 heavy (non-hydrogen) atoms. The van der Waals surface area contributed by atoms with Crippen molar-refractivity contribution in [3.8, 4) is 11.5 Å². The zero-order valence-electron chi connectivity index (χ0n) is 13.4. The minimum atomic E-state index is -4.09. The fourth-order valence-corrected chi connectivity index (χ4v) is 3.68. The molecule has 2 aromatic rings. The van der Waals surface area contributed by atoms with Gasteiger partial charge in [0.05, 0.1) is 10.6 Å². The third kappa shape index (κ3) is 3.38. The first-order chi connectivity index (χ1) is 11.7. The lowest BCUT2D eigenvalue weighted by atomic mass is 10.0. The number of hydrogen-bond acceptors (Lipinski definition) is 6. The molecular weight excluding hydrogens is 344 g/mol. The first-order valence-electron chi connectivity index (χ1n) is 7.05. The SMILES string of the molecule is C=Cc1c(NS(=O)(=O)c2cc(N=O)ccc2C)cc(O)c(O)c1C=C. The molecule has 0 aliphatic carbocycles. The van der Waals surface area contributed by atoms with E-state index in [0.29, 0.717) is 5.56 Å². The Morgan fingerprint density at radius 2 is 1.76 bits per heavy atom. The predicted octanol–water partition coefficient (Wildman–Crippen LogP) is 3.89. The molecule has 2 aromatic carbocycles. The van der Waals surface area contributed by atoms with E-state index in [1.54, 1.807) is 6.92 Å². The van der Waals surface area contributed by atoms with Crippen LogP contribution in [0.1, 0.15) is 16.7 Å². The summed E-state index contributed by atoms with van der Waals surface area (Å²) in [6, 6.07) is 5.07. The number of hydrogen-bond donors (Lipinski definition) is 3. The van der Waals surface area contributed by atoms with Crippen LogP contribution in [0.3, 0.4) is 0 Å². The van der Waals surface area contributed by atoms with E-state index >= 15 is 0 Å². The van der Waals surface area contributed by atoms with E-state index in [1.165, 1.54) is 24.3 Å². The van der Waals surface area contributed by atoms with Gasteiger partial charge in [0.1, 0.15) is 5.69 Å². The molecule has 130 valence electrons. The van der Waals surface area contributed by atoms with Crippen LogP contribution in [-0.4, -0.2) is 18.6 Å². The van der Waals surface area contributed by atoms with E-state index in [4.69, 9.17) is 0 Å². The number of benzene rings is 2. The highest BCUT2D eigenvalue weighted by atomic mass is 32.2. The van der Waals surface area contributed by atoms with Crippen LogP contribution < -0.4 is 4.72 Å². The Morgan fingerprint density at radius 1 is 1.12 bits per heavy atom. The van der Waals surface area contributed by atoms with E-state index < -0.39 is 21.5 Å². The number of sulfonamides is 1. The Hall–Kier alpha value is -3.13. The third-order valence-electron chi connectivity index (χ3n) is 3.58. The molecule has 2 rings (SSSR count). The van der Waals surface area contributed by atoms with Gasteiger partial charge in [-0.25, -0.2) is 8.42 Å². The zero-order chi connectivity index (χ0) is 18.8. The maximum absolute atomic E-state index is 12.7. The zero-order valence-corrected chi connectivity index (χ0v) is 14.2. The molecule has 0 spiro atoms. The number of aryl methyl sites for hydroxylation is 1. The van der Waals surface area contributed by atoms with Crippen LogP contribution in [0.15, 0.2) is 47.5 Å². The fourth-order valence-electron chi connectivity index (χ4n) is 2.34. The quantitative estimate of drug-likeness (QED) is 0.410. The van der Waals surface area contributed by atoms with Gasteiger partial charge in [-0.15, -0.1) is 4.91 Å². The van der Waals surface area contributed by atoms with Gasteiger partial charge in [0.15, 0.2) is 11.5 Å². The molecule has 0 aromatic heterocycles. The molecule has 0 aliphatic rings. The molecular formula is C17H16N2O5S. The number of nitroso groups, excluding NO2 is 1. The lowest BCUT2D eigenvalue weighted by Crippen LogP contribution is -2.15. The first-order valence-corrected chi connectivity index (χ1v) is 8.54. The predicted molar refractivity (Wildman–Crippen MR) is 97.4 cm³/mol. The lowest BCUT2D eigenvalue weighted by molar-refractivity contribution is 0.403. The Labute approximate surface area is 145 Å². The van der Waals surface area contributed by atoms with Gasteiger partial charge in [-0.05, 0) is 29.8 Å². The van der Waals surface area contributed by atoms with Crippen molar-refractivity contribution in [1.29, 1.82) is 0 Å². The highest BCUT2D eigenvalue weighted by Gasteiger charge is 2.21. The minimum absolute atomic E-state index is 0.00376. The summed E-state index contributed by atoms with van der Waals surface area (Å²) >= 11 is 0. The second kappa shape index (κ2) is 6.78. The number of nitrogens with one attached hydrogen (secondary N) is 1. The topological polar surface area (TPSA) is 116 Å². The van der Waals surface area contributed by atoms with Crippen molar-refractivity contribution in [2.24, 2.45) is 5.18 Å². The molecule has 0 fully saturated rings. The summed E-state index contributed by atoms with van der Waals surface area (Å²) < 4.78 is 27.7. The van der Waals surface area contributed by atoms with Gasteiger partial charge in [0, 0.05) is 17.2 Å². The Kier molecular flexibility index (Phi) is 4.94. The van der Waals surface area contributed by atoms with Gasteiger partial charge < -0.3 is 10.2 Å². The number of nitrogens with zero attached hydrogens (tertiary/aromatic N) is 1. The molecule has 0 bridgehead atoms. The largest absolute Gasteiger partial charge is 0.504 e. The van der Waals surface area contributed by atoms with Gasteiger partial charge in [-0.1, -0.05) is 31.4 Å². The molecule has 0 aliphatic heterocycles. The van der Waals surface area contributed by atoms with Crippen LogP contribution in [0.5, 0.6) is 11.5 Å². The highest BCUT2D eigenvalue weighted by Crippen LogP contribution is 2.39. The van der Waals surface area contributed by atoms with Gasteiger partial charge in [-0.3, -0.25) is 4.72 Å². The van der Waals surface area contributed by atoms with Crippen molar-refractivity contribution in [2.45, 2.75) is 11.8 Å². The second-order valence-corrected chi connectivity index (χ2v) is 6.82. The van der Waals surface area contributed by atoms with E-state index in [9.17, 15) is 23.5 Å². The molecule has 0 amide bonds. The summed E-state index contributed by atoms with van der Waals surface area (Å²) in [7, 11) is -4.09. The molecule has 0 radical (unpaired) electrons. The smallest absolute Gasteiger partial charge is 0.262 e. The fraction of sp³-hybridized carbons (Fsp3) is 0.0588. The Morgan fingerprint density at radius 3 is 2.32 bits per heavy atom. The van der Waals surface area contributed by atoms with Crippen molar-refractivity contribution < 1.29 is 18.6 Å². The molecule has 0 saturated heterocycles. The normalized spacial score (nSPS) is 10.9. The number of rotatable bonds is 6. The summed E-state index contributed by atoms with van der Waals surface area (Å²) in [6.45, 7) is 8.69. The number of phenols is 2. The summed E-state index contributed by atoms with van der Waals surface area (Å²) in [5.74, 6) is -0.950. The molecule has 8 heteroatoms. The second-order valence-electron chi connectivity index (χ2n) is 5.17. The first kappa shape index (κ1) is 18.2. The van der Waals surface area contributed by atoms with Crippen LogP contribution >= 0.6 is 0 Å². The van der Waals surface area contributed by atoms with Gasteiger partial charge in [0.25, 0.3) is 10.0 Å². The number of aromatic hydroxyl groups is 2. The average Bonchev–Trinajstić information content (AvgIpc) is 2.57.